The van der Waals surface area contributed by atoms with E-state index < -0.39 is 35.5 Å². The number of aromatic nitrogens is 1. The van der Waals surface area contributed by atoms with Gasteiger partial charge in [0.15, 0.2) is 0 Å². The lowest BCUT2D eigenvalue weighted by Gasteiger charge is -2.48. The van der Waals surface area contributed by atoms with Gasteiger partial charge in [-0.3, -0.25) is 28.9 Å². The Kier molecular flexibility index (Phi) is 5.95. The molecule has 0 bridgehead atoms. The Balaban J connectivity index is 1.19. The summed E-state index contributed by atoms with van der Waals surface area (Å²) in [5.41, 5.74) is 2.79. The monoisotopic (exact) mass is 561 g/mol. The molecule has 218 valence electrons. The Morgan fingerprint density at radius 1 is 1.29 bits per heavy atom. The van der Waals surface area contributed by atoms with E-state index in [9.17, 15) is 19.5 Å². The van der Waals surface area contributed by atoms with Crippen LogP contribution in [0.4, 0.5) is 0 Å². The summed E-state index contributed by atoms with van der Waals surface area (Å²) in [6.07, 6.45) is 7.36. The van der Waals surface area contributed by atoms with Crippen molar-refractivity contribution in [3.8, 4) is 0 Å². The van der Waals surface area contributed by atoms with Crippen molar-refractivity contribution in [3.05, 3.63) is 41.6 Å². The predicted molar refractivity (Wildman–Crippen MR) is 152 cm³/mol. The number of ether oxygens (including phenoxy) is 1. The van der Waals surface area contributed by atoms with E-state index in [2.05, 4.69) is 47.4 Å². The van der Waals surface area contributed by atoms with Gasteiger partial charge in [-0.25, -0.2) is 0 Å². The minimum atomic E-state index is -1.98. The number of aliphatic hydroxyl groups is 1. The zero-order valence-corrected chi connectivity index (χ0v) is 24.1. The summed E-state index contributed by atoms with van der Waals surface area (Å²) in [5.74, 6) is -3.25. The Morgan fingerprint density at radius 2 is 2.10 bits per heavy atom. The highest BCUT2D eigenvalue weighted by molar-refractivity contribution is 6.00. The summed E-state index contributed by atoms with van der Waals surface area (Å²) in [6.45, 7) is 6.64. The Morgan fingerprint density at radius 3 is 2.88 bits per heavy atom. The van der Waals surface area contributed by atoms with E-state index in [0.717, 1.165) is 35.9 Å². The lowest BCUT2D eigenvalue weighted by Crippen LogP contribution is -2.71. The van der Waals surface area contributed by atoms with Crippen molar-refractivity contribution in [2.45, 2.75) is 82.6 Å². The second kappa shape index (κ2) is 9.14. The number of piperazine rings is 1. The molecule has 0 spiro atoms. The molecular formula is C31H39N5O5. The van der Waals surface area contributed by atoms with Crippen molar-refractivity contribution >= 4 is 34.2 Å². The average molecular weight is 562 g/mol. The number of H-pyrrole nitrogens is 1. The maximum absolute atomic E-state index is 14.0. The molecule has 5 heterocycles. The van der Waals surface area contributed by atoms with Crippen LogP contribution in [0.15, 0.2) is 30.5 Å². The zero-order chi connectivity index (χ0) is 28.8. The number of rotatable bonds is 5. The highest BCUT2D eigenvalue weighted by Gasteiger charge is 2.69. The van der Waals surface area contributed by atoms with Crippen LogP contribution in [0.1, 0.15) is 57.6 Å². The summed E-state index contributed by atoms with van der Waals surface area (Å²) in [5, 5.41) is 16.0. The lowest BCUT2D eigenvalue weighted by molar-refractivity contribution is -0.315. The summed E-state index contributed by atoms with van der Waals surface area (Å²) < 4.78 is 6.20. The minimum Gasteiger partial charge on any atom is -0.361 e. The van der Waals surface area contributed by atoms with Gasteiger partial charge < -0.3 is 20.3 Å². The fraction of sp³-hybridized carbons (Fsp3) is 0.581. The number of nitrogens with one attached hydrogen (secondary N) is 2. The third-order valence-electron chi connectivity index (χ3n) is 9.88. The Hall–Kier alpha value is -3.21. The molecule has 4 aliphatic heterocycles. The van der Waals surface area contributed by atoms with Gasteiger partial charge in [0.2, 0.25) is 17.5 Å². The normalized spacial score (nSPS) is 34.6. The standard InChI is InChI=1S/C31H39N5O5/c1-17(2)10-11-23-28(38)35-12-6-9-25(35)31(40)36(23)29(39)30(3,41-31)33-27(37)19-13-21-20-7-5-8-22-26(20)18(15-32-22)14-24(21)34(4)16-19/h5,7-8,13,15,17,19,23-25,32,40H,6,9-12,14,16H2,1-4H3,(H,33,37)/t19-,23+,24-,25+,30-,31+/m1/s1. The molecule has 10 nitrogen and oxygen atoms in total. The molecule has 1 aliphatic carbocycles. The molecule has 41 heavy (non-hydrogen) atoms. The summed E-state index contributed by atoms with van der Waals surface area (Å²) in [6, 6.07) is 4.86. The molecule has 2 aromatic rings. The van der Waals surface area contributed by atoms with E-state index in [1.54, 1.807) is 4.90 Å². The summed E-state index contributed by atoms with van der Waals surface area (Å²) >= 11 is 0. The maximum Gasteiger partial charge on any atom is 0.280 e. The minimum absolute atomic E-state index is 0.148. The van der Waals surface area contributed by atoms with Crippen LogP contribution in [0.3, 0.4) is 0 Å². The average Bonchev–Trinajstić information content (AvgIpc) is 3.63. The number of fused-ring (bicyclic) bond motifs is 5. The van der Waals surface area contributed by atoms with Crippen LogP contribution in [0.2, 0.25) is 0 Å². The molecule has 0 saturated carbocycles. The first kappa shape index (κ1) is 26.7. The molecule has 3 fully saturated rings. The molecule has 3 amide bonds. The molecule has 1 aromatic carbocycles. The highest BCUT2D eigenvalue weighted by atomic mass is 16.7. The fourth-order valence-electron chi connectivity index (χ4n) is 7.85. The molecule has 7 rings (SSSR count). The summed E-state index contributed by atoms with van der Waals surface area (Å²) in [4.78, 5) is 49.9. The van der Waals surface area contributed by atoms with Gasteiger partial charge in [-0.2, -0.15) is 0 Å². The van der Waals surface area contributed by atoms with Crippen molar-refractivity contribution < 1.29 is 24.2 Å². The van der Waals surface area contributed by atoms with Crippen LogP contribution in [-0.4, -0.2) is 92.4 Å². The second-order valence-electron chi connectivity index (χ2n) is 13.1. The largest absolute Gasteiger partial charge is 0.361 e. The van der Waals surface area contributed by atoms with E-state index in [0.29, 0.717) is 31.8 Å². The number of benzene rings is 1. The number of carbonyl (C=O) groups is 3. The molecule has 3 saturated heterocycles. The van der Waals surface area contributed by atoms with Gasteiger partial charge in [-0.1, -0.05) is 32.1 Å². The third kappa shape index (κ3) is 3.83. The van der Waals surface area contributed by atoms with E-state index in [1.165, 1.54) is 22.8 Å². The van der Waals surface area contributed by atoms with E-state index >= 15 is 0 Å². The molecular weight excluding hydrogens is 522 g/mol. The molecule has 1 aromatic heterocycles. The van der Waals surface area contributed by atoms with Crippen LogP contribution in [0.25, 0.3) is 16.5 Å². The highest BCUT2D eigenvalue weighted by Crippen LogP contribution is 2.46. The number of aromatic amines is 1. The molecule has 6 atom stereocenters. The van der Waals surface area contributed by atoms with Crippen LogP contribution in [0.5, 0.6) is 0 Å². The number of amides is 3. The van der Waals surface area contributed by atoms with Crippen molar-refractivity contribution in [2.75, 3.05) is 20.1 Å². The number of likely N-dealkylation sites (N-methyl/N-ethyl adjacent to an activating group) is 1. The maximum atomic E-state index is 14.0. The van der Waals surface area contributed by atoms with E-state index in [-0.39, 0.29) is 17.9 Å². The fourth-order valence-corrected chi connectivity index (χ4v) is 7.85. The molecule has 0 unspecified atom stereocenters. The van der Waals surface area contributed by atoms with Crippen LogP contribution in [0, 0.1) is 11.8 Å². The third-order valence-corrected chi connectivity index (χ3v) is 9.88. The van der Waals surface area contributed by atoms with Gasteiger partial charge in [0, 0.05) is 36.2 Å². The number of nitrogens with zero attached hydrogens (tertiary/aromatic N) is 3. The van der Waals surface area contributed by atoms with E-state index in [1.807, 2.05) is 19.2 Å². The van der Waals surface area contributed by atoms with Crippen LogP contribution < -0.4 is 5.32 Å². The van der Waals surface area contributed by atoms with Crippen molar-refractivity contribution in [2.24, 2.45) is 11.8 Å². The van der Waals surface area contributed by atoms with Gasteiger partial charge in [0.1, 0.15) is 12.1 Å². The van der Waals surface area contributed by atoms with E-state index in [4.69, 9.17) is 4.74 Å². The number of carbonyl (C=O) groups excluding carboxylic acids is 3. The van der Waals surface area contributed by atoms with Gasteiger partial charge in [-0.15, -0.1) is 0 Å². The first-order valence-corrected chi connectivity index (χ1v) is 14.9. The predicted octanol–water partition coefficient (Wildman–Crippen LogP) is 2.18. The Labute approximate surface area is 239 Å². The van der Waals surface area contributed by atoms with Gasteiger partial charge in [0.25, 0.3) is 11.8 Å². The molecule has 3 N–H and O–H groups in total. The van der Waals surface area contributed by atoms with Gasteiger partial charge >= 0.3 is 0 Å². The summed E-state index contributed by atoms with van der Waals surface area (Å²) in [7, 11) is 2.03. The number of hydrogen-bond donors (Lipinski definition) is 3. The van der Waals surface area contributed by atoms with Crippen molar-refractivity contribution in [1.29, 1.82) is 0 Å². The lowest BCUT2D eigenvalue weighted by atomic mass is 9.79. The topological polar surface area (TPSA) is 118 Å². The second-order valence-corrected chi connectivity index (χ2v) is 13.1. The first-order chi connectivity index (χ1) is 19.5. The van der Waals surface area contributed by atoms with Crippen LogP contribution in [-0.2, 0) is 25.5 Å². The van der Waals surface area contributed by atoms with Crippen molar-refractivity contribution in [3.63, 3.8) is 0 Å². The number of hydrogen-bond acceptors (Lipinski definition) is 6. The zero-order valence-electron chi connectivity index (χ0n) is 24.1. The van der Waals surface area contributed by atoms with Crippen molar-refractivity contribution in [1.82, 2.24) is 25.0 Å². The molecule has 5 aliphatic rings. The SMILES string of the molecule is CC(C)CC[C@H]1C(=O)N2CCC[C@H]2[C@]2(O)O[C@@](C)(NC(=O)[C@@H]3C=C4c5cccc6[nH]cc(c56)C[C@H]4N(C)C3)C(=O)N12. The van der Waals surface area contributed by atoms with Gasteiger partial charge in [0.05, 0.1) is 5.92 Å². The first-order valence-electron chi connectivity index (χ1n) is 14.9. The van der Waals surface area contributed by atoms with Gasteiger partial charge in [-0.05, 0) is 74.8 Å². The molecule has 10 heteroatoms. The molecule has 0 radical (unpaired) electrons. The quantitative estimate of drug-likeness (QED) is 0.515. The Bertz CT molecular complexity index is 1480. The smallest absolute Gasteiger partial charge is 0.280 e. The van der Waals surface area contributed by atoms with Crippen LogP contribution >= 0.6 is 0 Å².